The number of thiophene rings is 1. The summed E-state index contributed by atoms with van der Waals surface area (Å²) in [6.45, 7) is 10.2. The van der Waals surface area contributed by atoms with Crippen molar-refractivity contribution in [3.05, 3.63) is 41.3 Å². The average Bonchev–Trinajstić information content (AvgIpc) is 3.50. The van der Waals surface area contributed by atoms with E-state index in [0.717, 1.165) is 30.6 Å². The molecule has 0 saturated heterocycles. The zero-order chi connectivity index (χ0) is 31.7. The summed E-state index contributed by atoms with van der Waals surface area (Å²) in [6, 6.07) is 7.07. The van der Waals surface area contributed by atoms with Gasteiger partial charge in [-0.3, -0.25) is 9.52 Å². The van der Waals surface area contributed by atoms with E-state index in [4.69, 9.17) is 9.47 Å². The second-order valence-electron chi connectivity index (χ2n) is 11.5. The number of hydrogen-bond acceptors (Lipinski definition) is 8. The van der Waals surface area contributed by atoms with E-state index in [1.165, 1.54) is 12.1 Å². The molecule has 0 saturated carbocycles. The number of rotatable bonds is 8. The number of carbonyl (C=O) groups excluding carboxylic acids is 2. The van der Waals surface area contributed by atoms with E-state index in [1.807, 2.05) is 27.7 Å². The number of aliphatic hydroxyl groups excluding tert-OH is 1. The summed E-state index contributed by atoms with van der Waals surface area (Å²) in [5.74, 6) is -0.275. The Bertz CT molecular complexity index is 1300. The number of sulfonamides is 1. The van der Waals surface area contributed by atoms with Gasteiger partial charge in [-0.15, -0.1) is 11.3 Å². The van der Waals surface area contributed by atoms with E-state index < -0.39 is 22.0 Å². The number of benzene rings is 1. The van der Waals surface area contributed by atoms with Gasteiger partial charge in [0.15, 0.2) is 0 Å². The Labute approximate surface area is 259 Å². The number of ether oxygens (including phenoxy) is 2. The Morgan fingerprint density at radius 1 is 1.21 bits per heavy atom. The maximum Gasteiger partial charge on any atom is 0.317 e. The van der Waals surface area contributed by atoms with Crippen molar-refractivity contribution in [2.75, 3.05) is 38.1 Å². The number of fused-ring (bicyclic) bond motifs is 1. The zero-order valence-electron chi connectivity index (χ0n) is 25.9. The van der Waals surface area contributed by atoms with Crippen LogP contribution >= 0.6 is 11.3 Å². The first-order chi connectivity index (χ1) is 20.3. The van der Waals surface area contributed by atoms with Crippen molar-refractivity contribution in [1.82, 2.24) is 15.1 Å². The Kier molecular flexibility index (Phi) is 12.7. The molecule has 2 heterocycles. The molecule has 2 aromatic rings. The third-order valence-electron chi connectivity index (χ3n) is 7.28. The molecule has 1 aliphatic heterocycles. The quantitative estimate of drug-likeness (QED) is 0.390. The van der Waals surface area contributed by atoms with Crippen LogP contribution in [-0.4, -0.2) is 92.9 Å². The molecule has 4 atom stereocenters. The first kappa shape index (κ1) is 34.6. The van der Waals surface area contributed by atoms with Gasteiger partial charge in [-0.1, -0.05) is 13.0 Å². The molecule has 3 amide bonds. The fourth-order valence-corrected chi connectivity index (χ4v) is 6.82. The highest BCUT2D eigenvalue weighted by Gasteiger charge is 2.31. The normalized spacial score (nSPS) is 21.3. The van der Waals surface area contributed by atoms with Gasteiger partial charge in [0.25, 0.3) is 15.9 Å². The third kappa shape index (κ3) is 9.82. The highest BCUT2D eigenvalue weighted by molar-refractivity contribution is 7.94. The van der Waals surface area contributed by atoms with Gasteiger partial charge in [-0.05, 0) is 76.6 Å². The Balaban J connectivity index is 1.97. The van der Waals surface area contributed by atoms with Crippen molar-refractivity contribution in [3.63, 3.8) is 0 Å². The van der Waals surface area contributed by atoms with Gasteiger partial charge in [0.05, 0.1) is 30.4 Å². The molecule has 3 N–H and O–H groups in total. The third-order valence-corrected chi connectivity index (χ3v) is 10.1. The lowest BCUT2D eigenvalue weighted by Crippen LogP contribution is -2.49. The standard InChI is InChI=1S/C30H46N4O7S2/c1-20(2)31-30(37)33(6)18-27-21(3)17-34(22(4)19-35)29(36)25-16-24(32-43(38,39)28-11-9-15-42-28)12-13-26(25)41-23(5)10-7-8-14-40-27/h9,11-13,15-16,20-23,27,32,35H,7-8,10,14,17-19H2,1-6H3,(H,31,37)/t21-,22+,23+,27-/m1/s1. The molecule has 43 heavy (non-hydrogen) atoms. The van der Waals surface area contributed by atoms with Crippen molar-refractivity contribution in [2.24, 2.45) is 5.92 Å². The van der Waals surface area contributed by atoms with Crippen LogP contribution in [0.25, 0.3) is 0 Å². The van der Waals surface area contributed by atoms with Gasteiger partial charge >= 0.3 is 6.03 Å². The molecule has 1 aromatic carbocycles. The number of nitrogens with one attached hydrogen (secondary N) is 2. The van der Waals surface area contributed by atoms with Crippen molar-refractivity contribution in [2.45, 2.75) is 82.4 Å². The Morgan fingerprint density at radius 2 is 1.95 bits per heavy atom. The second kappa shape index (κ2) is 15.7. The molecule has 13 heteroatoms. The fourth-order valence-electron chi connectivity index (χ4n) is 4.78. The van der Waals surface area contributed by atoms with Gasteiger partial charge in [0.1, 0.15) is 9.96 Å². The molecule has 0 radical (unpaired) electrons. The zero-order valence-corrected chi connectivity index (χ0v) is 27.5. The summed E-state index contributed by atoms with van der Waals surface area (Å²) in [5.41, 5.74) is 0.412. The molecule has 240 valence electrons. The topological polar surface area (TPSA) is 138 Å². The maximum atomic E-state index is 14.2. The summed E-state index contributed by atoms with van der Waals surface area (Å²) in [4.78, 5) is 30.0. The van der Waals surface area contributed by atoms with Crippen molar-refractivity contribution >= 4 is 39.0 Å². The predicted molar refractivity (Wildman–Crippen MR) is 168 cm³/mol. The number of likely N-dealkylation sites (N-methyl/N-ethyl adjacent to an activating group) is 1. The molecule has 1 aliphatic rings. The van der Waals surface area contributed by atoms with E-state index in [-0.39, 0.29) is 58.8 Å². The number of hydrogen-bond donors (Lipinski definition) is 3. The van der Waals surface area contributed by atoms with Crippen LogP contribution in [-0.2, 0) is 14.8 Å². The van der Waals surface area contributed by atoms with E-state index in [9.17, 15) is 23.1 Å². The largest absolute Gasteiger partial charge is 0.490 e. The maximum absolute atomic E-state index is 14.2. The molecular formula is C30H46N4O7S2. The van der Waals surface area contributed by atoms with Crippen LogP contribution in [0.4, 0.5) is 10.5 Å². The number of urea groups is 1. The van der Waals surface area contributed by atoms with E-state index in [0.29, 0.717) is 18.9 Å². The van der Waals surface area contributed by atoms with Crippen LogP contribution < -0.4 is 14.8 Å². The minimum Gasteiger partial charge on any atom is -0.490 e. The van der Waals surface area contributed by atoms with Crippen molar-refractivity contribution in [3.8, 4) is 5.75 Å². The lowest BCUT2D eigenvalue weighted by atomic mass is 10.0. The van der Waals surface area contributed by atoms with E-state index in [2.05, 4.69) is 10.0 Å². The number of amides is 3. The summed E-state index contributed by atoms with van der Waals surface area (Å²) < 4.78 is 41.1. The Hall–Kier alpha value is -2.87. The first-order valence-electron chi connectivity index (χ1n) is 14.7. The average molecular weight is 639 g/mol. The smallest absolute Gasteiger partial charge is 0.317 e. The van der Waals surface area contributed by atoms with Gasteiger partial charge in [-0.2, -0.15) is 0 Å². The Morgan fingerprint density at radius 3 is 2.60 bits per heavy atom. The number of carbonyl (C=O) groups is 2. The van der Waals surface area contributed by atoms with Crippen LogP contribution in [0.15, 0.2) is 39.9 Å². The second-order valence-corrected chi connectivity index (χ2v) is 14.4. The van der Waals surface area contributed by atoms with Crippen LogP contribution in [0.5, 0.6) is 5.75 Å². The monoisotopic (exact) mass is 638 g/mol. The van der Waals surface area contributed by atoms with Gasteiger partial charge < -0.3 is 29.7 Å². The number of anilines is 1. The van der Waals surface area contributed by atoms with Gasteiger partial charge in [0, 0.05) is 44.4 Å². The molecule has 0 spiro atoms. The minimum atomic E-state index is -3.84. The molecule has 11 nitrogen and oxygen atoms in total. The molecule has 0 bridgehead atoms. The summed E-state index contributed by atoms with van der Waals surface area (Å²) in [5, 5.41) is 14.7. The predicted octanol–water partition coefficient (Wildman–Crippen LogP) is 4.39. The molecule has 1 aromatic heterocycles. The van der Waals surface area contributed by atoms with Crippen LogP contribution in [0.1, 0.15) is 64.2 Å². The van der Waals surface area contributed by atoms with E-state index in [1.54, 1.807) is 47.4 Å². The lowest BCUT2D eigenvalue weighted by Gasteiger charge is -2.36. The van der Waals surface area contributed by atoms with Crippen LogP contribution in [0, 0.1) is 5.92 Å². The van der Waals surface area contributed by atoms with Crippen LogP contribution in [0.3, 0.4) is 0 Å². The van der Waals surface area contributed by atoms with Crippen LogP contribution in [0.2, 0.25) is 0 Å². The molecule has 0 fully saturated rings. The number of nitrogens with zero attached hydrogens (tertiary/aromatic N) is 2. The summed E-state index contributed by atoms with van der Waals surface area (Å²) in [6.07, 6.45) is 1.76. The van der Waals surface area contributed by atoms with E-state index >= 15 is 0 Å². The highest BCUT2D eigenvalue weighted by atomic mass is 32.2. The lowest BCUT2D eigenvalue weighted by molar-refractivity contribution is -0.0122. The van der Waals surface area contributed by atoms with Crippen molar-refractivity contribution in [1.29, 1.82) is 0 Å². The molecule has 3 rings (SSSR count). The summed E-state index contributed by atoms with van der Waals surface area (Å²) in [7, 11) is -2.13. The summed E-state index contributed by atoms with van der Waals surface area (Å²) >= 11 is 1.10. The van der Waals surface area contributed by atoms with Gasteiger partial charge in [-0.25, -0.2) is 13.2 Å². The SMILES string of the molecule is CC(C)NC(=O)N(C)C[C@H]1OCCCC[C@H](C)Oc2ccc(NS(=O)(=O)c3cccs3)cc2C(=O)N([C@@H](C)CO)C[C@H]1C. The van der Waals surface area contributed by atoms with Gasteiger partial charge in [0.2, 0.25) is 0 Å². The highest BCUT2D eigenvalue weighted by Crippen LogP contribution is 2.30. The van der Waals surface area contributed by atoms with Crippen molar-refractivity contribution < 1.29 is 32.6 Å². The minimum absolute atomic E-state index is 0.0141. The molecule has 0 aliphatic carbocycles. The number of aliphatic hydroxyl groups is 1. The fraction of sp³-hybridized carbons (Fsp3) is 0.600. The first-order valence-corrected chi connectivity index (χ1v) is 17.1. The molecule has 0 unspecified atom stereocenters. The molecular weight excluding hydrogens is 592 g/mol.